The van der Waals surface area contributed by atoms with Crippen molar-refractivity contribution < 1.29 is 0 Å². The van der Waals surface area contributed by atoms with Gasteiger partial charge in [-0.15, -0.1) is 11.3 Å². The summed E-state index contributed by atoms with van der Waals surface area (Å²) in [6, 6.07) is 8.86. The lowest BCUT2D eigenvalue weighted by atomic mass is 9.82. The number of hydrogen-bond donors (Lipinski definition) is 1. The predicted molar refractivity (Wildman–Crippen MR) is 89.6 cm³/mol. The van der Waals surface area contributed by atoms with Gasteiger partial charge in [-0.05, 0) is 54.6 Å². The second kappa shape index (κ2) is 6.28. The summed E-state index contributed by atoms with van der Waals surface area (Å²) in [7, 11) is 0. The van der Waals surface area contributed by atoms with Gasteiger partial charge >= 0.3 is 0 Å². The number of hydrogen-bond acceptors (Lipinski definition) is 2. The van der Waals surface area contributed by atoms with Crippen LogP contribution >= 0.6 is 11.3 Å². The van der Waals surface area contributed by atoms with Crippen LogP contribution in [0.3, 0.4) is 0 Å². The Morgan fingerprint density at radius 3 is 3.00 bits per heavy atom. The number of fused-ring (bicyclic) bond motifs is 1. The Labute approximate surface area is 126 Å². The molecule has 1 nitrogen and oxygen atoms in total. The minimum absolute atomic E-state index is 0.342. The van der Waals surface area contributed by atoms with Gasteiger partial charge in [0.2, 0.25) is 0 Å². The molecule has 1 atom stereocenters. The monoisotopic (exact) mass is 287 g/mol. The maximum atomic E-state index is 3.90. The smallest absolute Gasteiger partial charge is 0.0345 e. The molecule has 2 heteroatoms. The van der Waals surface area contributed by atoms with Gasteiger partial charge in [0.15, 0.2) is 0 Å². The van der Waals surface area contributed by atoms with E-state index in [0.717, 1.165) is 0 Å². The Morgan fingerprint density at radius 1 is 1.20 bits per heavy atom. The van der Waals surface area contributed by atoms with Crippen LogP contribution in [0.5, 0.6) is 0 Å². The molecule has 3 rings (SSSR count). The van der Waals surface area contributed by atoms with E-state index in [9.17, 15) is 0 Å². The van der Waals surface area contributed by atoms with E-state index in [-0.39, 0.29) is 0 Å². The molecular weight excluding hydrogens is 262 g/mol. The van der Waals surface area contributed by atoms with Crippen molar-refractivity contribution in [3.05, 3.63) is 35.2 Å². The minimum atomic E-state index is 0.342. The molecule has 0 spiro atoms. The van der Waals surface area contributed by atoms with E-state index < -0.39 is 0 Å². The molecule has 0 amide bonds. The molecule has 2 aromatic rings. The second-order valence-electron chi connectivity index (χ2n) is 6.20. The Balaban J connectivity index is 1.88. The summed E-state index contributed by atoms with van der Waals surface area (Å²) in [6.07, 6.45) is 9.23. The normalized spacial score (nSPS) is 23.9. The first-order valence-electron chi connectivity index (χ1n) is 8.03. The van der Waals surface area contributed by atoms with Gasteiger partial charge in [0.1, 0.15) is 0 Å². The number of thiophene rings is 1. The van der Waals surface area contributed by atoms with Crippen LogP contribution in [0.25, 0.3) is 10.1 Å². The highest BCUT2D eigenvalue weighted by Crippen LogP contribution is 2.33. The lowest BCUT2D eigenvalue weighted by Crippen LogP contribution is -2.46. The number of benzene rings is 1. The molecule has 20 heavy (non-hydrogen) atoms. The van der Waals surface area contributed by atoms with Gasteiger partial charge in [0, 0.05) is 10.2 Å². The lowest BCUT2D eigenvalue weighted by molar-refractivity contribution is 0.289. The Bertz CT molecular complexity index is 549. The zero-order valence-electron chi connectivity index (χ0n) is 12.5. The topological polar surface area (TPSA) is 12.0 Å². The molecule has 0 aliphatic carbocycles. The third kappa shape index (κ3) is 2.91. The Kier molecular flexibility index (Phi) is 4.42. The summed E-state index contributed by atoms with van der Waals surface area (Å²) in [5, 5.41) is 7.76. The van der Waals surface area contributed by atoms with Gasteiger partial charge in [0.25, 0.3) is 0 Å². The summed E-state index contributed by atoms with van der Waals surface area (Å²) in [5.74, 6) is 0. The van der Waals surface area contributed by atoms with Crippen LogP contribution in [0, 0.1) is 0 Å². The SMILES string of the molecule is CCCC1(Cc2csc3ccccc23)CCCCCN1. The van der Waals surface area contributed by atoms with E-state index in [0.29, 0.717) is 5.54 Å². The largest absolute Gasteiger partial charge is 0.311 e. The molecule has 0 radical (unpaired) electrons. The van der Waals surface area contributed by atoms with Crippen molar-refractivity contribution in [2.45, 2.75) is 57.4 Å². The molecule has 1 unspecified atom stereocenters. The first kappa shape index (κ1) is 14.1. The molecule has 1 aliphatic heterocycles. The van der Waals surface area contributed by atoms with Crippen molar-refractivity contribution in [1.29, 1.82) is 0 Å². The predicted octanol–water partition coefficient (Wildman–Crippen LogP) is 5.15. The van der Waals surface area contributed by atoms with Gasteiger partial charge in [-0.1, -0.05) is 44.4 Å². The first-order valence-corrected chi connectivity index (χ1v) is 8.91. The summed E-state index contributed by atoms with van der Waals surface area (Å²) in [6.45, 7) is 3.52. The summed E-state index contributed by atoms with van der Waals surface area (Å²) >= 11 is 1.90. The average Bonchev–Trinajstić information content (AvgIpc) is 2.72. The van der Waals surface area contributed by atoms with E-state index in [1.807, 2.05) is 11.3 Å². The van der Waals surface area contributed by atoms with Crippen molar-refractivity contribution in [3.63, 3.8) is 0 Å². The fourth-order valence-corrected chi connectivity index (χ4v) is 4.64. The van der Waals surface area contributed by atoms with Gasteiger partial charge in [-0.3, -0.25) is 0 Å². The molecule has 1 N–H and O–H groups in total. The van der Waals surface area contributed by atoms with Crippen LogP contribution in [0.2, 0.25) is 0 Å². The summed E-state index contributed by atoms with van der Waals surface area (Å²) < 4.78 is 1.43. The quantitative estimate of drug-likeness (QED) is 0.820. The van der Waals surface area contributed by atoms with Crippen molar-refractivity contribution in [2.75, 3.05) is 6.54 Å². The van der Waals surface area contributed by atoms with Gasteiger partial charge < -0.3 is 5.32 Å². The maximum absolute atomic E-state index is 3.90. The van der Waals surface area contributed by atoms with E-state index in [1.54, 1.807) is 5.56 Å². The first-order chi connectivity index (χ1) is 9.83. The molecule has 108 valence electrons. The molecule has 1 saturated heterocycles. The third-order valence-corrected chi connectivity index (χ3v) is 5.66. The Morgan fingerprint density at radius 2 is 2.10 bits per heavy atom. The van der Waals surface area contributed by atoms with Crippen LogP contribution in [0.15, 0.2) is 29.6 Å². The molecule has 0 bridgehead atoms. The highest BCUT2D eigenvalue weighted by Gasteiger charge is 2.30. The van der Waals surface area contributed by atoms with E-state index in [1.165, 1.54) is 61.6 Å². The molecule has 1 aliphatic rings. The Hall–Kier alpha value is -0.860. The molecule has 0 saturated carbocycles. The fourth-order valence-electron chi connectivity index (χ4n) is 3.67. The molecule has 1 fully saturated rings. The highest BCUT2D eigenvalue weighted by atomic mass is 32.1. The van der Waals surface area contributed by atoms with Crippen molar-refractivity contribution in [1.82, 2.24) is 5.32 Å². The standard InChI is InChI=1S/C18H25NS/c1-2-10-18(11-6-3-7-12-19-18)13-15-14-20-17-9-5-4-8-16(15)17/h4-5,8-9,14,19H,2-3,6-7,10-13H2,1H3. The van der Waals surface area contributed by atoms with Crippen LogP contribution in [0.1, 0.15) is 51.0 Å². The van der Waals surface area contributed by atoms with Crippen molar-refractivity contribution in [3.8, 4) is 0 Å². The van der Waals surface area contributed by atoms with E-state index in [2.05, 4.69) is 41.9 Å². The van der Waals surface area contributed by atoms with Crippen LogP contribution in [0.4, 0.5) is 0 Å². The number of rotatable bonds is 4. The molecule has 1 aromatic heterocycles. The minimum Gasteiger partial charge on any atom is -0.311 e. The van der Waals surface area contributed by atoms with Crippen LogP contribution in [-0.4, -0.2) is 12.1 Å². The average molecular weight is 287 g/mol. The summed E-state index contributed by atoms with van der Waals surface area (Å²) in [5.41, 5.74) is 1.89. The lowest BCUT2D eigenvalue weighted by Gasteiger charge is -2.34. The zero-order chi connectivity index (χ0) is 13.8. The van der Waals surface area contributed by atoms with Gasteiger partial charge in [-0.2, -0.15) is 0 Å². The van der Waals surface area contributed by atoms with Gasteiger partial charge in [-0.25, -0.2) is 0 Å². The number of nitrogens with one attached hydrogen (secondary N) is 1. The van der Waals surface area contributed by atoms with E-state index in [4.69, 9.17) is 0 Å². The van der Waals surface area contributed by atoms with E-state index >= 15 is 0 Å². The zero-order valence-corrected chi connectivity index (χ0v) is 13.3. The van der Waals surface area contributed by atoms with Gasteiger partial charge in [0.05, 0.1) is 0 Å². The van der Waals surface area contributed by atoms with Crippen LogP contribution < -0.4 is 5.32 Å². The van der Waals surface area contributed by atoms with Crippen molar-refractivity contribution in [2.24, 2.45) is 0 Å². The molecular formula is C18H25NS. The summed E-state index contributed by atoms with van der Waals surface area (Å²) in [4.78, 5) is 0. The van der Waals surface area contributed by atoms with Crippen LogP contribution in [-0.2, 0) is 6.42 Å². The molecule has 1 aromatic carbocycles. The van der Waals surface area contributed by atoms with Crippen molar-refractivity contribution >= 4 is 21.4 Å². The second-order valence-corrected chi connectivity index (χ2v) is 7.11. The highest BCUT2D eigenvalue weighted by molar-refractivity contribution is 7.17. The maximum Gasteiger partial charge on any atom is 0.0345 e. The third-order valence-electron chi connectivity index (χ3n) is 4.65. The molecule has 2 heterocycles. The fraction of sp³-hybridized carbons (Fsp3) is 0.556.